The standard InChI is InChI=1S/C17H13ClFN3O/c18-13-7-10(19)4-5-11(13)12-8-16(23)20-9-14-17(12)22-6-2-1-3-15(22)21-14/h1-7,12H,8-9H2,(H,20,23). The lowest BCUT2D eigenvalue weighted by atomic mass is 9.91. The van der Waals surface area contributed by atoms with Gasteiger partial charge in [0.2, 0.25) is 5.91 Å². The molecule has 6 heteroatoms. The first-order chi connectivity index (χ1) is 11.1. The van der Waals surface area contributed by atoms with Crippen molar-refractivity contribution in [1.82, 2.24) is 14.7 Å². The van der Waals surface area contributed by atoms with Gasteiger partial charge in [-0.2, -0.15) is 0 Å². The molecule has 0 fully saturated rings. The van der Waals surface area contributed by atoms with E-state index in [1.54, 1.807) is 6.07 Å². The van der Waals surface area contributed by atoms with Crippen LogP contribution >= 0.6 is 11.6 Å². The molecule has 1 aliphatic heterocycles. The molecule has 0 aliphatic carbocycles. The van der Waals surface area contributed by atoms with Gasteiger partial charge in [0.1, 0.15) is 11.5 Å². The summed E-state index contributed by atoms with van der Waals surface area (Å²) in [6, 6.07) is 10.0. The SMILES string of the molecule is O=C1CC(c2ccc(F)cc2Cl)c2c(nc3ccccn23)CN1. The molecular formula is C17H13ClFN3O. The van der Waals surface area contributed by atoms with Crippen molar-refractivity contribution in [3.63, 3.8) is 0 Å². The Hall–Kier alpha value is -2.40. The normalized spacial score (nSPS) is 17.7. The molecule has 4 rings (SSSR count). The Morgan fingerprint density at radius 2 is 2.17 bits per heavy atom. The third kappa shape index (κ3) is 2.37. The third-order valence-electron chi connectivity index (χ3n) is 4.15. The highest BCUT2D eigenvalue weighted by Gasteiger charge is 2.30. The Morgan fingerprint density at radius 3 is 3.00 bits per heavy atom. The second kappa shape index (κ2) is 5.35. The number of pyridine rings is 1. The van der Waals surface area contributed by atoms with Crippen molar-refractivity contribution in [3.8, 4) is 0 Å². The van der Waals surface area contributed by atoms with Crippen LogP contribution in [0.4, 0.5) is 4.39 Å². The number of hydrogen-bond donors (Lipinski definition) is 1. The van der Waals surface area contributed by atoms with Crippen LogP contribution in [-0.4, -0.2) is 15.3 Å². The monoisotopic (exact) mass is 329 g/mol. The molecule has 116 valence electrons. The first kappa shape index (κ1) is 14.2. The molecule has 1 N–H and O–H groups in total. The maximum atomic E-state index is 13.4. The quantitative estimate of drug-likeness (QED) is 0.744. The molecule has 0 spiro atoms. The first-order valence-corrected chi connectivity index (χ1v) is 7.69. The van der Waals surface area contributed by atoms with Crippen LogP contribution in [0.1, 0.15) is 29.3 Å². The fraction of sp³-hybridized carbons (Fsp3) is 0.176. The number of carbonyl (C=O) groups is 1. The van der Waals surface area contributed by atoms with E-state index in [2.05, 4.69) is 10.3 Å². The molecule has 0 radical (unpaired) electrons. The summed E-state index contributed by atoms with van der Waals surface area (Å²) >= 11 is 6.25. The van der Waals surface area contributed by atoms with Gasteiger partial charge in [-0.15, -0.1) is 0 Å². The van der Waals surface area contributed by atoms with Crippen LogP contribution in [0.2, 0.25) is 5.02 Å². The van der Waals surface area contributed by atoms with Crippen molar-refractivity contribution in [1.29, 1.82) is 0 Å². The summed E-state index contributed by atoms with van der Waals surface area (Å²) in [5.74, 6) is -0.730. The fourth-order valence-corrected chi connectivity index (χ4v) is 3.44. The van der Waals surface area contributed by atoms with E-state index >= 15 is 0 Å². The van der Waals surface area contributed by atoms with E-state index in [1.807, 2.05) is 28.8 Å². The number of imidazole rings is 1. The smallest absolute Gasteiger partial charge is 0.221 e. The summed E-state index contributed by atoms with van der Waals surface area (Å²) in [7, 11) is 0. The lowest BCUT2D eigenvalue weighted by molar-refractivity contribution is -0.121. The molecule has 0 bridgehead atoms. The van der Waals surface area contributed by atoms with Crippen LogP contribution in [0.15, 0.2) is 42.6 Å². The van der Waals surface area contributed by atoms with E-state index in [1.165, 1.54) is 12.1 Å². The van der Waals surface area contributed by atoms with Gasteiger partial charge in [-0.25, -0.2) is 9.37 Å². The summed E-state index contributed by atoms with van der Waals surface area (Å²) < 4.78 is 15.4. The van der Waals surface area contributed by atoms with Gasteiger partial charge in [-0.3, -0.25) is 4.79 Å². The molecule has 1 atom stereocenters. The predicted octanol–water partition coefficient (Wildman–Crippen LogP) is 3.28. The van der Waals surface area contributed by atoms with Crippen LogP contribution in [0.5, 0.6) is 0 Å². The first-order valence-electron chi connectivity index (χ1n) is 7.31. The van der Waals surface area contributed by atoms with Gasteiger partial charge in [-0.1, -0.05) is 23.7 Å². The zero-order valence-electron chi connectivity index (χ0n) is 12.1. The lowest BCUT2D eigenvalue weighted by Crippen LogP contribution is -2.21. The molecule has 3 heterocycles. The number of nitrogens with zero attached hydrogens (tertiary/aromatic N) is 2. The van der Waals surface area contributed by atoms with Crippen LogP contribution in [0.25, 0.3) is 5.65 Å². The van der Waals surface area contributed by atoms with E-state index in [9.17, 15) is 9.18 Å². The molecular weight excluding hydrogens is 317 g/mol. The van der Waals surface area contributed by atoms with Gasteiger partial charge >= 0.3 is 0 Å². The van der Waals surface area contributed by atoms with Crippen molar-refractivity contribution in [2.24, 2.45) is 0 Å². The maximum absolute atomic E-state index is 13.4. The van der Waals surface area contributed by atoms with Gasteiger partial charge < -0.3 is 9.72 Å². The fourth-order valence-electron chi connectivity index (χ4n) is 3.14. The summed E-state index contributed by atoms with van der Waals surface area (Å²) in [6.07, 6.45) is 2.17. The highest BCUT2D eigenvalue weighted by molar-refractivity contribution is 6.31. The van der Waals surface area contributed by atoms with Crippen LogP contribution < -0.4 is 5.32 Å². The van der Waals surface area contributed by atoms with Crippen LogP contribution in [0.3, 0.4) is 0 Å². The van der Waals surface area contributed by atoms with E-state index in [-0.39, 0.29) is 18.2 Å². The van der Waals surface area contributed by atoms with Crippen LogP contribution in [0, 0.1) is 5.82 Å². The maximum Gasteiger partial charge on any atom is 0.221 e. The average Bonchev–Trinajstić information content (AvgIpc) is 2.81. The molecule has 2 aromatic heterocycles. The highest BCUT2D eigenvalue weighted by atomic mass is 35.5. The van der Waals surface area contributed by atoms with E-state index in [4.69, 9.17) is 11.6 Å². The number of rotatable bonds is 1. The van der Waals surface area contributed by atoms with E-state index < -0.39 is 5.82 Å². The minimum Gasteiger partial charge on any atom is -0.350 e. The molecule has 3 aromatic rings. The molecule has 1 amide bonds. The number of halogens is 2. The van der Waals surface area contributed by atoms with Gasteiger partial charge in [0, 0.05) is 23.6 Å². The number of hydrogen-bond acceptors (Lipinski definition) is 2. The van der Waals surface area contributed by atoms with Crippen molar-refractivity contribution in [3.05, 3.63) is 70.4 Å². The van der Waals surface area contributed by atoms with Crippen molar-refractivity contribution in [2.75, 3.05) is 0 Å². The predicted molar refractivity (Wildman–Crippen MR) is 84.9 cm³/mol. The Labute approximate surface area is 136 Å². The molecule has 0 saturated carbocycles. The minimum absolute atomic E-state index is 0.0712. The molecule has 0 saturated heterocycles. The Morgan fingerprint density at radius 1 is 1.30 bits per heavy atom. The second-order valence-electron chi connectivity index (χ2n) is 5.57. The van der Waals surface area contributed by atoms with Crippen molar-refractivity contribution >= 4 is 23.2 Å². The summed E-state index contributed by atoms with van der Waals surface area (Å²) in [4.78, 5) is 16.7. The Balaban J connectivity index is 1.96. The van der Waals surface area contributed by atoms with Gasteiger partial charge in [0.25, 0.3) is 0 Å². The summed E-state index contributed by atoms with van der Waals surface area (Å²) in [5, 5.41) is 3.18. The average molecular weight is 330 g/mol. The number of fused-ring (bicyclic) bond motifs is 3. The Bertz CT molecular complexity index is 921. The summed E-state index contributed by atoms with van der Waals surface area (Å²) in [5.41, 5.74) is 3.29. The van der Waals surface area contributed by atoms with Crippen molar-refractivity contribution in [2.45, 2.75) is 18.9 Å². The van der Waals surface area contributed by atoms with Gasteiger partial charge in [-0.05, 0) is 29.8 Å². The zero-order chi connectivity index (χ0) is 16.0. The highest BCUT2D eigenvalue weighted by Crippen LogP contribution is 2.36. The number of nitrogens with one attached hydrogen (secondary N) is 1. The zero-order valence-corrected chi connectivity index (χ0v) is 12.8. The number of benzene rings is 1. The minimum atomic E-state index is -0.393. The largest absolute Gasteiger partial charge is 0.350 e. The van der Waals surface area contributed by atoms with Gasteiger partial charge in [0.05, 0.1) is 17.9 Å². The van der Waals surface area contributed by atoms with Crippen molar-refractivity contribution < 1.29 is 9.18 Å². The Kier molecular flexibility index (Phi) is 3.31. The number of amides is 1. The molecule has 23 heavy (non-hydrogen) atoms. The van der Waals surface area contributed by atoms with E-state index in [0.717, 1.165) is 22.6 Å². The van der Waals surface area contributed by atoms with Gasteiger partial charge in [0.15, 0.2) is 0 Å². The molecule has 4 nitrogen and oxygen atoms in total. The molecule has 1 unspecified atom stereocenters. The third-order valence-corrected chi connectivity index (χ3v) is 4.48. The number of carbonyl (C=O) groups excluding carboxylic acids is 1. The number of aromatic nitrogens is 2. The van der Waals surface area contributed by atoms with Crippen LogP contribution in [-0.2, 0) is 11.3 Å². The second-order valence-corrected chi connectivity index (χ2v) is 5.98. The lowest BCUT2D eigenvalue weighted by Gasteiger charge is -2.17. The summed E-state index contributed by atoms with van der Waals surface area (Å²) in [6.45, 7) is 0.380. The molecule has 1 aromatic carbocycles. The topological polar surface area (TPSA) is 46.4 Å². The molecule has 1 aliphatic rings. The van der Waals surface area contributed by atoms with E-state index in [0.29, 0.717) is 11.6 Å².